The lowest BCUT2D eigenvalue weighted by atomic mass is 9.98. The van der Waals surface area contributed by atoms with Crippen molar-refractivity contribution in [1.29, 1.82) is 0 Å². The van der Waals surface area contributed by atoms with E-state index in [1.54, 1.807) is 0 Å². The van der Waals surface area contributed by atoms with Gasteiger partial charge in [-0.15, -0.1) is 0 Å². The monoisotopic (exact) mass is 229 g/mol. The van der Waals surface area contributed by atoms with Crippen molar-refractivity contribution in [2.45, 2.75) is 70.6 Å². The maximum atomic E-state index is 9.54. The van der Waals surface area contributed by atoms with Crippen LogP contribution >= 0.6 is 0 Å². The Kier molecular flexibility index (Phi) is 4.77. The molecule has 1 rings (SSSR count). The second-order valence-corrected chi connectivity index (χ2v) is 5.96. The molecule has 0 aromatic heterocycles. The highest BCUT2D eigenvalue weighted by Gasteiger charge is 2.39. The molecule has 0 spiro atoms. The van der Waals surface area contributed by atoms with Crippen molar-refractivity contribution in [1.82, 2.24) is 5.32 Å². The van der Waals surface area contributed by atoms with Gasteiger partial charge in [0.05, 0.1) is 18.3 Å². The van der Waals surface area contributed by atoms with Crippen LogP contribution in [0.15, 0.2) is 0 Å². The van der Waals surface area contributed by atoms with E-state index in [1.165, 1.54) is 0 Å². The first-order chi connectivity index (χ1) is 7.41. The van der Waals surface area contributed by atoms with Gasteiger partial charge in [0, 0.05) is 5.54 Å². The average Bonchev–Trinajstić information content (AvgIpc) is 2.57. The van der Waals surface area contributed by atoms with E-state index in [1.807, 2.05) is 0 Å². The van der Waals surface area contributed by atoms with Gasteiger partial charge in [-0.2, -0.15) is 0 Å². The molecule has 0 amide bonds. The standard InChI is InChI=1S/C13H27NO2/c1-5-8-14-13(10-15)7-6-11(9-13)16-12(2,3)4/h11,14-15H,5-10H2,1-4H3. The molecule has 0 aromatic rings. The van der Waals surface area contributed by atoms with Gasteiger partial charge >= 0.3 is 0 Å². The first-order valence-electron chi connectivity index (χ1n) is 6.44. The maximum absolute atomic E-state index is 9.54. The Morgan fingerprint density at radius 2 is 2.12 bits per heavy atom. The van der Waals surface area contributed by atoms with Gasteiger partial charge in [0.1, 0.15) is 0 Å². The number of aliphatic hydroxyl groups is 1. The summed E-state index contributed by atoms with van der Waals surface area (Å²) in [6.45, 7) is 9.61. The number of hydrogen-bond donors (Lipinski definition) is 2. The van der Waals surface area contributed by atoms with E-state index in [4.69, 9.17) is 4.74 Å². The van der Waals surface area contributed by atoms with Gasteiger partial charge in [-0.25, -0.2) is 0 Å². The summed E-state index contributed by atoms with van der Waals surface area (Å²) in [7, 11) is 0. The third kappa shape index (κ3) is 4.04. The van der Waals surface area contributed by atoms with Gasteiger partial charge in [-0.1, -0.05) is 6.92 Å². The molecule has 1 saturated carbocycles. The van der Waals surface area contributed by atoms with E-state index in [0.717, 1.165) is 32.2 Å². The SMILES string of the molecule is CCCNC1(CO)CCC(OC(C)(C)C)C1. The molecule has 3 nitrogen and oxygen atoms in total. The van der Waals surface area contributed by atoms with Gasteiger partial charge in [-0.05, 0) is 53.0 Å². The summed E-state index contributed by atoms with van der Waals surface area (Å²) in [6.07, 6.45) is 4.39. The van der Waals surface area contributed by atoms with E-state index in [2.05, 4.69) is 33.0 Å². The Morgan fingerprint density at radius 3 is 2.62 bits per heavy atom. The van der Waals surface area contributed by atoms with Crippen LogP contribution in [0.25, 0.3) is 0 Å². The second kappa shape index (κ2) is 5.48. The highest BCUT2D eigenvalue weighted by Crippen LogP contribution is 2.33. The van der Waals surface area contributed by atoms with Crippen molar-refractivity contribution >= 4 is 0 Å². The fourth-order valence-electron chi connectivity index (χ4n) is 2.43. The molecular formula is C13H27NO2. The summed E-state index contributed by atoms with van der Waals surface area (Å²) in [5.74, 6) is 0. The van der Waals surface area contributed by atoms with Crippen LogP contribution in [0.5, 0.6) is 0 Å². The average molecular weight is 229 g/mol. The largest absolute Gasteiger partial charge is 0.394 e. The van der Waals surface area contributed by atoms with E-state index in [9.17, 15) is 5.11 Å². The molecule has 0 aromatic carbocycles. The number of ether oxygens (including phenoxy) is 1. The van der Waals surface area contributed by atoms with E-state index < -0.39 is 0 Å². The number of rotatable bonds is 5. The summed E-state index contributed by atoms with van der Waals surface area (Å²) >= 11 is 0. The minimum absolute atomic E-state index is 0.0824. The summed E-state index contributed by atoms with van der Waals surface area (Å²) in [6, 6.07) is 0. The van der Waals surface area contributed by atoms with Gasteiger partial charge < -0.3 is 15.2 Å². The minimum atomic E-state index is -0.0913. The van der Waals surface area contributed by atoms with Gasteiger partial charge in [0.25, 0.3) is 0 Å². The number of aliphatic hydroxyl groups excluding tert-OH is 1. The predicted molar refractivity (Wildman–Crippen MR) is 66.6 cm³/mol. The lowest BCUT2D eigenvalue weighted by Crippen LogP contribution is -2.47. The third-order valence-corrected chi connectivity index (χ3v) is 3.14. The molecule has 0 heterocycles. The molecule has 2 atom stereocenters. The summed E-state index contributed by atoms with van der Waals surface area (Å²) in [5.41, 5.74) is -0.174. The smallest absolute Gasteiger partial charge is 0.0614 e. The molecular weight excluding hydrogens is 202 g/mol. The van der Waals surface area contributed by atoms with Crippen LogP contribution in [0.1, 0.15) is 53.4 Å². The van der Waals surface area contributed by atoms with Crippen molar-refractivity contribution in [3.63, 3.8) is 0 Å². The van der Waals surface area contributed by atoms with Crippen LogP contribution in [-0.4, -0.2) is 35.5 Å². The van der Waals surface area contributed by atoms with Crippen molar-refractivity contribution in [3.8, 4) is 0 Å². The third-order valence-electron chi connectivity index (χ3n) is 3.14. The molecule has 96 valence electrons. The molecule has 2 N–H and O–H groups in total. The summed E-state index contributed by atoms with van der Waals surface area (Å²) < 4.78 is 5.98. The molecule has 3 heteroatoms. The van der Waals surface area contributed by atoms with Crippen molar-refractivity contribution in [2.75, 3.05) is 13.2 Å². The number of hydrogen-bond acceptors (Lipinski definition) is 3. The molecule has 0 bridgehead atoms. The zero-order valence-corrected chi connectivity index (χ0v) is 11.2. The second-order valence-electron chi connectivity index (χ2n) is 5.96. The van der Waals surface area contributed by atoms with E-state index in [-0.39, 0.29) is 23.9 Å². The molecule has 0 radical (unpaired) electrons. The Morgan fingerprint density at radius 1 is 1.44 bits per heavy atom. The Balaban J connectivity index is 2.47. The Hall–Kier alpha value is -0.120. The normalized spacial score (nSPS) is 30.9. The zero-order chi connectivity index (χ0) is 12.2. The minimum Gasteiger partial charge on any atom is -0.394 e. The van der Waals surface area contributed by atoms with E-state index >= 15 is 0 Å². The van der Waals surface area contributed by atoms with Crippen molar-refractivity contribution in [3.05, 3.63) is 0 Å². The Labute approximate surface area is 99.6 Å². The molecule has 1 aliphatic carbocycles. The Bertz CT molecular complexity index is 212. The molecule has 1 fully saturated rings. The molecule has 16 heavy (non-hydrogen) atoms. The lowest BCUT2D eigenvalue weighted by Gasteiger charge is -2.30. The molecule has 0 aliphatic heterocycles. The van der Waals surface area contributed by atoms with E-state index in [0.29, 0.717) is 0 Å². The fourth-order valence-corrected chi connectivity index (χ4v) is 2.43. The predicted octanol–water partition coefficient (Wildman–Crippen LogP) is 2.08. The maximum Gasteiger partial charge on any atom is 0.0614 e. The lowest BCUT2D eigenvalue weighted by molar-refractivity contribution is -0.0600. The van der Waals surface area contributed by atoms with Gasteiger partial charge in [0.2, 0.25) is 0 Å². The van der Waals surface area contributed by atoms with Crippen molar-refractivity contribution in [2.24, 2.45) is 0 Å². The topological polar surface area (TPSA) is 41.5 Å². The quantitative estimate of drug-likeness (QED) is 0.758. The molecule has 0 saturated heterocycles. The molecule has 1 aliphatic rings. The highest BCUT2D eigenvalue weighted by atomic mass is 16.5. The molecule has 2 unspecified atom stereocenters. The van der Waals surface area contributed by atoms with Gasteiger partial charge in [0.15, 0.2) is 0 Å². The fraction of sp³-hybridized carbons (Fsp3) is 1.00. The van der Waals surface area contributed by atoms with Crippen LogP contribution in [0, 0.1) is 0 Å². The summed E-state index contributed by atoms with van der Waals surface area (Å²) in [4.78, 5) is 0. The zero-order valence-electron chi connectivity index (χ0n) is 11.2. The first-order valence-corrected chi connectivity index (χ1v) is 6.44. The van der Waals surface area contributed by atoms with Crippen molar-refractivity contribution < 1.29 is 9.84 Å². The number of nitrogens with one attached hydrogen (secondary N) is 1. The van der Waals surface area contributed by atoms with Crippen LogP contribution in [0.4, 0.5) is 0 Å². The highest BCUT2D eigenvalue weighted by molar-refractivity contribution is 4.97. The summed E-state index contributed by atoms with van der Waals surface area (Å²) in [5, 5.41) is 13.0. The first kappa shape index (κ1) is 13.9. The van der Waals surface area contributed by atoms with Crippen LogP contribution in [0.2, 0.25) is 0 Å². The van der Waals surface area contributed by atoms with Crippen LogP contribution < -0.4 is 5.32 Å². The van der Waals surface area contributed by atoms with Gasteiger partial charge in [-0.3, -0.25) is 0 Å². The van der Waals surface area contributed by atoms with Crippen LogP contribution in [-0.2, 0) is 4.74 Å². The van der Waals surface area contributed by atoms with Crippen LogP contribution in [0.3, 0.4) is 0 Å².